The second-order valence-electron chi connectivity index (χ2n) is 5.89. The quantitative estimate of drug-likeness (QED) is 0.619. The van der Waals surface area contributed by atoms with E-state index in [-0.39, 0.29) is 0 Å². The van der Waals surface area contributed by atoms with E-state index in [1.54, 1.807) is 0 Å². The van der Waals surface area contributed by atoms with Gasteiger partial charge in [0.15, 0.2) is 0 Å². The minimum Gasteiger partial charge on any atom is -0.389 e. The average Bonchev–Trinajstić information content (AvgIpc) is 2.86. The van der Waals surface area contributed by atoms with E-state index in [1.807, 2.05) is 19.9 Å². The Hall–Kier alpha value is -1.16. The van der Waals surface area contributed by atoms with Gasteiger partial charge >= 0.3 is 0 Å². The second-order valence-corrected chi connectivity index (χ2v) is 6.33. The van der Waals surface area contributed by atoms with Crippen LogP contribution < -0.4 is 11.1 Å². The Labute approximate surface area is 127 Å². The van der Waals surface area contributed by atoms with Crippen molar-refractivity contribution >= 4 is 23.0 Å². The molecule has 3 nitrogen and oxygen atoms in total. The zero-order valence-electron chi connectivity index (χ0n) is 12.5. The van der Waals surface area contributed by atoms with Gasteiger partial charge in [0.1, 0.15) is 10.8 Å². The van der Waals surface area contributed by atoms with Gasteiger partial charge in [-0.2, -0.15) is 0 Å². The van der Waals surface area contributed by atoms with Gasteiger partial charge in [-0.05, 0) is 44.2 Å². The van der Waals surface area contributed by atoms with Crippen LogP contribution in [0.4, 0.5) is 5.82 Å². The van der Waals surface area contributed by atoms with Crippen LogP contribution in [0.5, 0.6) is 0 Å². The number of nitrogens with two attached hydrogens (primary N) is 1. The molecule has 3 N–H and O–H groups in total. The molecule has 1 aromatic heterocycles. The molecule has 1 fully saturated rings. The van der Waals surface area contributed by atoms with Crippen molar-refractivity contribution in [1.82, 2.24) is 4.98 Å². The number of hydrogen-bond donors (Lipinski definition) is 2. The van der Waals surface area contributed by atoms with Gasteiger partial charge in [0.25, 0.3) is 0 Å². The molecule has 0 aromatic carbocycles. The fraction of sp³-hybridized carbons (Fsp3) is 0.625. The zero-order valence-corrected chi connectivity index (χ0v) is 13.4. The van der Waals surface area contributed by atoms with Crippen molar-refractivity contribution in [2.75, 3.05) is 11.9 Å². The lowest BCUT2D eigenvalue weighted by Gasteiger charge is -2.14. The molecule has 20 heavy (non-hydrogen) atoms. The highest BCUT2D eigenvalue weighted by molar-refractivity contribution is 7.80. The molecule has 0 amide bonds. The summed E-state index contributed by atoms with van der Waals surface area (Å²) >= 11 is 5.14. The van der Waals surface area contributed by atoms with Crippen LogP contribution in [-0.4, -0.2) is 16.5 Å². The maximum atomic E-state index is 5.82. The number of anilines is 1. The SMILES string of the molecule is Cc1cc(C)c(C(N)=S)c(NCCCC2CCCC2)n1. The molecule has 0 radical (unpaired) electrons. The van der Waals surface area contributed by atoms with Crippen LogP contribution in [0.15, 0.2) is 6.07 Å². The Kier molecular flexibility index (Phi) is 5.35. The molecular weight excluding hydrogens is 266 g/mol. The van der Waals surface area contributed by atoms with Gasteiger partial charge in [-0.3, -0.25) is 0 Å². The van der Waals surface area contributed by atoms with Gasteiger partial charge in [0.2, 0.25) is 0 Å². The lowest BCUT2D eigenvalue weighted by atomic mass is 10.0. The Morgan fingerprint density at radius 2 is 2.10 bits per heavy atom. The molecule has 0 bridgehead atoms. The molecule has 1 aliphatic carbocycles. The number of nitrogens with one attached hydrogen (secondary N) is 1. The van der Waals surface area contributed by atoms with Gasteiger partial charge in [-0.1, -0.05) is 37.9 Å². The van der Waals surface area contributed by atoms with Gasteiger partial charge in [0.05, 0.1) is 5.56 Å². The first kappa shape index (κ1) is 15.2. The molecule has 1 aliphatic rings. The Morgan fingerprint density at radius 1 is 1.40 bits per heavy atom. The summed E-state index contributed by atoms with van der Waals surface area (Å²) in [6, 6.07) is 2.03. The summed E-state index contributed by atoms with van der Waals surface area (Å²) in [5.41, 5.74) is 8.82. The Balaban J connectivity index is 1.92. The van der Waals surface area contributed by atoms with Crippen LogP contribution >= 0.6 is 12.2 Å². The van der Waals surface area contributed by atoms with E-state index in [1.165, 1.54) is 38.5 Å². The molecule has 0 saturated heterocycles. The molecule has 0 spiro atoms. The highest BCUT2D eigenvalue weighted by atomic mass is 32.1. The largest absolute Gasteiger partial charge is 0.389 e. The van der Waals surface area contributed by atoms with Gasteiger partial charge in [0, 0.05) is 12.2 Å². The van der Waals surface area contributed by atoms with Crippen molar-refractivity contribution < 1.29 is 0 Å². The first-order valence-corrected chi connectivity index (χ1v) is 8.00. The minimum absolute atomic E-state index is 0.424. The first-order valence-electron chi connectivity index (χ1n) is 7.60. The molecule has 1 aromatic rings. The summed E-state index contributed by atoms with van der Waals surface area (Å²) < 4.78 is 0. The number of thiocarbonyl (C=S) groups is 1. The van der Waals surface area contributed by atoms with E-state index in [2.05, 4.69) is 10.3 Å². The lowest BCUT2D eigenvalue weighted by molar-refractivity contribution is 0.491. The number of aromatic nitrogens is 1. The van der Waals surface area contributed by atoms with Crippen molar-refractivity contribution in [2.24, 2.45) is 11.7 Å². The third-order valence-electron chi connectivity index (χ3n) is 4.15. The number of nitrogens with zero attached hydrogens (tertiary/aromatic N) is 1. The predicted octanol–water partition coefficient (Wildman–Crippen LogP) is 3.71. The highest BCUT2D eigenvalue weighted by Gasteiger charge is 2.15. The van der Waals surface area contributed by atoms with Crippen molar-refractivity contribution in [1.29, 1.82) is 0 Å². The average molecular weight is 291 g/mol. The van der Waals surface area contributed by atoms with Crippen LogP contribution in [0.2, 0.25) is 0 Å². The van der Waals surface area contributed by atoms with Crippen LogP contribution in [0.1, 0.15) is 55.3 Å². The lowest BCUT2D eigenvalue weighted by Crippen LogP contribution is -2.17. The van der Waals surface area contributed by atoms with Crippen LogP contribution in [0.25, 0.3) is 0 Å². The summed E-state index contributed by atoms with van der Waals surface area (Å²) in [4.78, 5) is 4.97. The van der Waals surface area contributed by atoms with Crippen molar-refractivity contribution in [3.05, 3.63) is 22.9 Å². The fourth-order valence-electron chi connectivity index (χ4n) is 3.17. The third kappa shape index (κ3) is 3.92. The molecule has 0 atom stereocenters. The fourth-order valence-corrected chi connectivity index (χ4v) is 3.43. The van der Waals surface area contributed by atoms with E-state index in [0.29, 0.717) is 4.99 Å². The maximum absolute atomic E-state index is 5.82. The molecule has 2 rings (SSSR count). The highest BCUT2D eigenvalue weighted by Crippen LogP contribution is 2.28. The summed E-state index contributed by atoms with van der Waals surface area (Å²) in [5, 5.41) is 3.42. The summed E-state index contributed by atoms with van der Waals surface area (Å²) in [6.07, 6.45) is 8.18. The number of rotatable bonds is 6. The molecule has 1 heterocycles. The van der Waals surface area contributed by atoms with Crippen LogP contribution in [-0.2, 0) is 0 Å². The molecular formula is C16H25N3S. The van der Waals surface area contributed by atoms with E-state index < -0.39 is 0 Å². The Bertz CT molecular complexity index is 479. The molecule has 4 heteroatoms. The monoisotopic (exact) mass is 291 g/mol. The number of hydrogen-bond acceptors (Lipinski definition) is 3. The van der Waals surface area contributed by atoms with Crippen molar-refractivity contribution in [3.8, 4) is 0 Å². The summed E-state index contributed by atoms with van der Waals surface area (Å²) in [6.45, 7) is 4.98. The van der Waals surface area contributed by atoms with Crippen molar-refractivity contribution in [2.45, 2.75) is 52.4 Å². The zero-order chi connectivity index (χ0) is 14.5. The number of pyridine rings is 1. The smallest absolute Gasteiger partial charge is 0.136 e. The van der Waals surface area contributed by atoms with E-state index in [9.17, 15) is 0 Å². The standard InChI is InChI=1S/C16H25N3S/c1-11-10-12(2)19-16(14(11)15(17)20)18-9-5-8-13-6-3-4-7-13/h10,13H,3-9H2,1-2H3,(H2,17,20)(H,18,19). The van der Waals surface area contributed by atoms with Gasteiger partial charge in [-0.25, -0.2) is 4.98 Å². The Morgan fingerprint density at radius 3 is 2.75 bits per heavy atom. The second kappa shape index (κ2) is 7.02. The molecule has 1 saturated carbocycles. The van der Waals surface area contributed by atoms with E-state index >= 15 is 0 Å². The summed E-state index contributed by atoms with van der Waals surface area (Å²) in [5.74, 6) is 1.79. The van der Waals surface area contributed by atoms with Crippen LogP contribution in [0, 0.1) is 19.8 Å². The molecule has 0 aliphatic heterocycles. The summed E-state index contributed by atoms with van der Waals surface area (Å²) in [7, 11) is 0. The molecule has 110 valence electrons. The normalized spacial score (nSPS) is 15.5. The topological polar surface area (TPSA) is 50.9 Å². The minimum atomic E-state index is 0.424. The maximum Gasteiger partial charge on any atom is 0.136 e. The molecule has 0 unspecified atom stereocenters. The third-order valence-corrected chi connectivity index (χ3v) is 4.35. The number of aryl methyl sites for hydroxylation is 2. The van der Waals surface area contributed by atoms with Crippen molar-refractivity contribution in [3.63, 3.8) is 0 Å². The van der Waals surface area contributed by atoms with E-state index in [0.717, 1.165) is 35.1 Å². The van der Waals surface area contributed by atoms with Gasteiger partial charge < -0.3 is 11.1 Å². The predicted molar refractivity (Wildman–Crippen MR) is 89.3 cm³/mol. The van der Waals surface area contributed by atoms with Gasteiger partial charge in [-0.15, -0.1) is 0 Å². The first-order chi connectivity index (χ1) is 9.58. The van der Waals surface area contributed by atoms with E-state index in [4.69, 9.17) is 18.0 Å². The van der Waals surface area contributed by atoms with Crippen LogP contribution in [0.3, 0.4) is 0 Å².